The molecule has 0 bridgehead atoms. The summed E-state index contributed by atoms with van der Waals surface area (Å²) in [6.45, 7) is 4.56. The summed E-state index contributed by atoms with van der Waals surface area (Å²) in [6, 6.07) is 33.1. The third-order valence-electron chi connectivity index (χ3n) is 12.7. The number of nitrogens with zero attached hydrogens (tertiary/aromatic N) is 2. The van der Waals surface area contributed by atoms with E-state index in [4.69, 9.17) is 45.3 Å². The lowest BCUT2D eigenvalue weighted by molar-refractivity contribution is -0.256. The van der Waals surface area contributed by atoms with Gasteiger partial charge in [-0.05, 0) is 90.1 Å². The van der Waals surface area contributed by atoms with Gasteiger partial charge in [0.05, 0.1) is 43.9 Å². The number of amides is 1. The molecule has 7 rings (SSSR count). The number of carbonyl (C=O) groups is 1. The molecule has 0 saturated heterocycles. The number of ether oxygens (including phenoxy) is 5. The molecule has 12 nitrogen and oxygen atoms in total. The van der Waals surface area contributed by atoms with Gasteiger partial charge in [-0.15, -0.1) is 18.2 Å². The van der Waals surface area contributed by atoms with Crippen molar-refractivity contribution in [2.45, 2.75) is 69.3 Å². The van der Waals surface area contributed by atoms with Crippen molar-refractivity contribution in [3.05, 3.63) is 139 Å². The highest BCUT2D eigenvalue weighted by Crippen LogP contribution is 2.62. The van der Waals surface area contributed by atoms with Gasteiger partial charge in [0.1, 0.15) is 36.5 Å². The fourth-order valence-corrected chi connectivity index (χ4v) is 9.94. The van der Waals surface area contributed by atoms with Gasteiger partial charge < -0.3 is 43.8 Å². The van der Waals surface area contributed by atoms with Crippen molar-refractivity contribution in [3.63, 3.8) is 0 Å². The van der Waals surface area contributed by atoms with Crippen LogP contribution in [0.4, 0.5) is 4.79 Å². The molecule has 1 fully saturated rings. The zero-order valence-electron chi connectivity index (χ0n) is 37.6. The molecule has 1 saturated carbocycles. The Balaban J connectivity index is 1.39. The first-order chi connectivity index (χ1) is 32.4. The summed E-state index contributed by atoms with van der Waals surface area (Å²) in [5, 5.41) is 34.5. The highest BCUT2D eigenvalue weighted by Gasteiger charge is 2.65. The molecule has 13 heteroatoms. The molecule has 0 spiro atoms. The lowest BCUT2D eigenvalue weighted by Gasteiger charge is -2.59. The van der Waals surface area contributed by atoms with Gasteiger partial charge in [-0.1, -0.05) is 103 Å². The summed E-state index contributed by atoms with van der Waals surface area (Å²) in [4.78, 5) is 22.2. The number of unbranched alkanes of at least 4 members (excludes halogenated alkanes) is 2. The van der Waals surface area contributed by atoms with Crippen LogP contribution in [-0.2, 0) is 25.7 Å². The minimum Gasteiger partial charge on any atom is -0.459 e. The zero-order chi connectivity index (χ0) is 46.1. The Bertz CT molecular complexity index is 2210. The smallest absolute Gasteiger partial charge is 0.410 e. The minimum atomic E-state index is -1.51. The number of allylic oxidation sites excluding steroid dienone is 1. The summed E-state index contributed by atoms with van der Waals surface area (Å²) in [5.41, 5.74) is 5.62. The molecule has 4 aromatic rings. The number of alkyl halides is 1. The summed E-state index contributed by atoms with van der Waals surface area (Å²) in [7, 11) is 0. The van der Waals surface area contributed by atoms with Crippen molar-refractivity contribution in [2.24, 2.45) is 22.9 Å². The molecular formula is C53H63ClN2O10. The van der Waals surface area contributed by atoms with Crippen molar-refractivity contribution in [3.8, 4) is 28.4 Å². The summed E-state index contributed by atoms with van der Waals surface area (Å²) >= 11 is 6.07. The predicted molar refractivity (Wildman–Crippen MR) is 255 cm³/mol. The first kappa shape index (κ1) is 48.7. The first-order valence-electron chi connectivity index (χ1n) is 23.2. The first-order valence-corrected chi connectivity index (χ1v) is 23.7. The monoisotopic (exact) mass is 922 g/mol. The quantitative estimate of drug-likeness (QED) is 0.0254. The number of carbonyl (C=O) groups excluding carboxylic acids is 1. The van der Waals surface area contributed by atoms with Crippen molar-refractivity contribution in [1.82, 2.24) is 4.90 Å². The maximum absolute atomic E-state index is 14.4. The molecule has 2 aliphatic carbocycles. The van der Waals surface area contributed by atoms with E-state index in [0.29, 0.717) is 35.8 Å². The molecule has 6 atom stereocenters. The van der Waals surface area contributed by atoms with Crippen molar-refractivity contribution in [2.75, 3.05) is 58.7 Å². The number of halogens is 1. The number of benzene rings is 4. The van der Waals surface area contributed by atoms with Crippen molar-refractivity contribution >= 4 is 23.4 Å². The van der Waals surface area contributed by atoms with Crippen LogP contribution in [-0.4, -0.2) is 103 Å². The number of aliphatic hydroxyl groups excluding tert-OH is 3. The van der Waals surface area contributed by atoms with Crippen LogP contribution in [0.15, 0.2) is 133 Å². The molecule has 1 aliphatic heterocycles. The summed E-state index contributed by atoms with van der Waals surface area (Å²) in [6.07, 6.45) is 7.97. The fourth-order valence-electron chi connectivity index (χ4n) is 9.87. The van der Waals surface area contributed by atoms with E-state index in [1.54, 1.807) is 11.0 Å². The Kier molecular flexibility index (Phi) is 18.1. The van der Waals surface area contributed by atoms with Crippen LogP contribution in [0.25, 0.3) is 11.1 Å². The molecule has 3 aliphatic rings. The maximum atomic E-state index is 14.4. The van der Waals surface area contributed by atoms with Gasteiger partial charge >= 0.3 is 6.09 Å². The largest absolute Gasteiger partial charge is 0.459 e. The van der Waals surface area contributed by atoms with E-state index >= 15 is 0 Å². The Morgan fingerprint density at radius 1 is 0.848 bits per heavy atom. The standard InChI is InChI=1S/C53H63ClN2O10/c1-2-30-63-53-49(56(26-32-61-33-29-59)52(60)62-31-25-54)36-47(55-64-37-38-13-5-3-6-14-38)45-34-41(17-9-11-27-57)44(18-10-12-28-58)50(51(45)53)46-35-43(23-24-48(46)66-53)65-42-21-19-40(20-22-42)39-15-7-4-8-16-39/h2-8,13-16,19-24,34-35,41,44,49-51,57-59H,1,9-12,17-18,25-33,36-37H2. The molecule has 6 unspecified atom stereocenters. The molecule has 66 heavy (non-hydrogen) atoms. The number of rotatable bonds is 25. The number of oxime groups is 1. The summed E-state index contributed by atoms with van der Waals surface area (Å²) < 4.78 is 32.5. The second-order valence-corrected chi connectivity index (χ2v) is 17.2. The van der Waals surface area contributed by atoms with E-state index < -0.39 is 23.8 Å². The lowest BCUT2D eigenvalue weighted by atomic mass is 9.55. The van der Waals surface area contributed by atoms with Crippen molar-refractivity contribution < 1.29 is 48.6 Å². The zero-order valence-corrected chi connectivity index (χ0v) is 38.3. The molecular weight excluding hydrogens is 860 g/mol. The average molecular weight is 924 g/mol. The molecule has 0 aromatic heterocycles. The molecule has 3 N–H and O–H groups in total. The number of fused-ring (bicyclic) bond motifs is 2. The number of hydrogen-bond acceptors (Lipinski definition) is 11. The van der Waals surface area contributed by atoms with Crippen LogP contribution in [0.3, 0.4) is 0 Å². The predicted octanol–water partition coefficient (Wildman–Crippen LogP) is 9.67. The fraction of sp³-hybridized carbons (Fsp3) is 0.434. The van der Waals surface area contributed by atoms with E-state index in [9.17, 15) is 20.1 Å². The van der Waals surface area contributed by atoms with E-state index in [-0.39, 0.29) is 89.5 Å². The molecule has 4 aromatic carbocycles. The van der Waals surface area contributed by atoms with Crippen LogP contribution in [0.5, 0.6) is 17.2 Å². The van der Waals surface area contributed by atoms with Gasteiger partial charge in [0.15, 0.2) is 0 Å². The van der Waals surface area contributed by atoms with Gasteiger partial charge in [-0.3, -0.25) is 4.90 Å². The van der Waals surface area contributed by atoms with Gasteiger partial charge in [-0.25, -0.2) is 4.79 Å². The highest BCUT2D eigenvalue weighted by atomic mass is 35.5. The van der Waals surface area contributed by atoms with E-state index in [1.165, 1.54) is 0 Å². The third-order valence-corrected chi connectivity index (χ3v) is 12.9. The molecule has 352 valence electrons. The minimum absolute atomic E-state index is 0.00790. The Labute approximate surface area is 393 Å². The SMILES string of the molecule is C=CCOC12Oc3ccc(Oc4ccc(-c5ccccc5)cc4)cc3C3C(CCCCO)C(CCCCO)C=C(C(=NOCc4ccccc4)CC1N(CCOCCO)C(=O)OCCCl)C32. The lowest BCUT2D eigenvalue weighted by Crippen LogP contribution is -2.70. The molecule has 1 amide bonds. The van der Waals surface area contributed by atoms with Crippen LogP contribution < -0.4 is 9.47 Å². The van der Waals surface area contributed by atoms with Crippen LogP contribution in [0.1, 0.15) is 62.0 Å². The number of aliphatic hydroxyl groups is 3. The van der Waals surface area contributed by atoms with Gasteiger partial charge in [0.2, 0.25) is 5.79 Å². The van der Waals surface area contributed by atoms with Crippen LogP contribution in [0.2, 0.25) is 0 Å². The van der Waals surface area contributed by atoms with Crippen LogP contribution >= 0.6 is 11.6 Å². The van der Waals surface area contributed by atoms with E-state index in [0.717, 1.165) is 53.5 Å². The molecule has 0 radical (unpaired) electrons. The van der Waals surface area contributed by atoms with Gasteiger partial charge in [0.25, 0.3) is 0 Å². The second-order valence-electron chi connectivity index (χ2n) is 16.9. The van der Waals surface area contributed by atoms with E-state index in [2.05, 4.69) is 30.9 Å². The maximum Gasteiger partial charge on any atom is 0.410 e. The highest BCUT2D eigenvalue weighted by molar-refractivity contribution is 6.18. The topological polar surface area (TPSA) is 149 Å². The van der Waals surface area contributed by atoms with Gasteiger partial charge in [0, 0.05) is 37.7 Å². The Hall–Kier alpha value is -5.21. The second kappa shape index (κ2) is 24.5. The van der Waals surface area contributed by atoms with E-state index in [1.807, 2.05) is 84.9 Å². The normalized spacial score (nSPS) is 22.3. The van der Waals surface area contributed by atoms with Crippen LogP contribution in [0, 0.1) is 17.8 Å². The third kappa shape index (κ3) is 11.7. The van der Waals surface area contributed by atoms with Crippen molar-refractivity contribution in [1.29, 1.82) is 0 Å². The van der Waals surface area contributed by atoms with Gasteiger partial charge in [-0.2, -0.15) is 0 Å². The summed E-state index contributed by atoms with van der Waals surface area (Å²) in [5.74, 6) is -0.277. The average Bonchev–Trinajstić information content (AvgIpc) is 3.35. The Morgan fingerprint density at radius 2 is 1.56 bits per heavy atom. The molecule has 1 heterocycles. The number of hydrogen-bond donors (Lipinski definition) is 3. The Morgan fingerprint density at radius 3 is 2.27 bits per heavy atom.